The fraction of sp³-hybridized carbons (Fsp3) is 0.462. The predicted octanol–water partition coefficient (Wildman–Crippen LogP) is 2.90. The first-order valence-corrected chi connectivity index (χ1v) is 12.1. The van der Waals surface area contributed by atoms with E-state index in [1.165, 1.54) is 11.3 Å². The number of aliphatic hydroxyl groups excluding tert-OH is 1. The number of fused-ring (bicyclic) bond motifs is 1. The molecule has 2 aromatic heterocycles. The van der Waals surface area contributed by atoms with E-state index in [1.807, 2.05) is 30.5 Å². The van der Waals surface area contributed by atoms with Gasteiger partial charge in [-0.1, -0.05) is 30.3 Å². The van der Waals surface area contributed by atoms with Gasteiger partial charge in [0.25, 0.3) is 0 Å². The van der Waals surface area contributed by atoms with Crippen LogP contribution < -0.4 is 4.90 Å². The van der Waals surface area contributed by atoms with Crippen LogP contribution >= 0.6 is 0 Å². The molecule has 0 unspecified atom stereocenters. The maximum Gasteiger partial charge on any atom is 0.159 e. The molecule has 1 saturated heterocycles. The van der Waals surface area contributed by atoms with Gasteiger partial charge in [-0.3, -0.25) is 9.80 Å². The molecular weight excluding hydrogens is 426 g/mol. The summed E-state index contributed by atoms with van der Waals surface area (Å²) >= 11 is 0. The van der Waals surface area contributed by atoms with Crippen molar-refractivity contribution >= 4 is 5.82 Å². The topological polar surface area (TPSA) is 81.5 Å². The zero-order chi connectivity index (χ0) is 23.7. The monoisotopic (exact) mass is 459 g/mol. The van der Waals surface area contributed by atoms with Gasteiger partial charge < -0.3 is 10.0 Å². The number of anilines is 1. The zero-order valence-electron chi connectivity index (χ0n) is 20.2. The van der Waals surface area contributed by atoms with Crippen molar-refractivity contribution < 1.29 is 5.11 Å². The van der Waals surface area contributed by atoms with Crippen LogP contribution in [-0.4, -0.2) is 73.2 Å². The van der Waals surface area contributed by atoms with E-state index >= 15 is 0 Å². The average molecular weight is 460 g/mol. The first-order valence-electron chi connectivity index (χ1n) is 12.1. The molecule has 4 heterocycles. The first kappa shape index (κ1) is 22.8. The van der Waals surface area contributed by atoms with Gasteiger partial charge in [0.15, 0.2) is 11.6 Å². The molecule has 8 nitrogen and oxygen atoms in total. The molecule has 2 aliphatic heterocycles. The summed E-state index contributed by atoms with van der Waals surface area (Å²) in [6.07, 6.45) is 4.04. The number of aromatic nitrogens is 4. The van der Waals surface area contributed by atoms with Gasteiger partial charge >= 0.3 is 0 Å². The molecule has 3 aromatic rings. The largest absolute Gasteiger partial charge is 0.385 e. The Labute approximate surface area is 201 Å². The molecule has 34 heavy (non-hydrogen) atoms. The summed E-state index contributed by atoms with van der Waals surface area (Å²) in [6, 6.07) is 12.9. The minimum atomic E-state index is -0.661. The van der Waals surface area contributed by atoms with Crippen LogP contribution in [0, 0.1) is 0 Å². The van der Waals surface area contributed by atoms with Gasteiger partial charge in [0.1, 0.15) is 11.9 Å². The van der Waals surface area contributed by atoms with Gasteiger partial charge in [-0.15, -0.1) is 0 Å². The summed E-state index contributed by atoms with van der Waals surface area (Å²) in [6.45, 7) is 10.9. The Bertz CT molecular complexity index is 1110. The molecule has 8 heteroatoms. The summed E-state index contributed by atoms with van der Waals surface area (Å²) in [5, 5.41) is 9.85. The van der Waals surface area contributed by atoms with E-state index in [0.29, 0.717) is 17.9 Å². The molecule has 5 rings (SSSR count). The molecule has 0 bridgehead atoms. The van der Waals surface area contributed by atoms with Crippen LogP contribution in [0.25, 0.3) is 11.4 Å². The lowest BCUT2D eigenvalue weighted by Crippen LogP contribution is -2.59. The van der Waals surface area contributed by atoms with Crippen molar-refractivity contribution in [3.63, 3.8) is 0 Å². The number of benzene rings is 1. The average Bonchev–Trinajstić information content (AvgIpc) is 2.86. The predicted molar refractivity (Wildman–Crippen MR) is 132 cm³/mol. The van der Waals surface area contributed by atoms with Crippen molar-refractivity contribution in [3.05, 3.63) is 65.9 Å². The van der Waals surface area contributed by atoms with Gasteiger partial charge in [0.05, 0.1) is 12.4 Å². The molecule has 0 saturated carbocycles. The van der Waals surface area contributed by atoms with Crippen LogP contribution in [0.15, 0.2) is 48.8 Å². The summed E-state index contributed by atoms with van der Waals surface area (Å²) in [4.78, 5) is 25.7. The molecule has 0 amide bonds. The Balaban J connectivity index is 1.23. The second-order valence-electron chi connectivity index (χ2n) is 9.54. The summed E-state index contributed by atoms with van der Waals surface area (Å²) in [5.74, 6) is 2.18. The van der Waals surface area contributed by atoms with E-state index in [2.05, 4.69) is 55.6 Å². The maximum absolute atomic E-state index is 9.85. The van der Waals surface area contributed by atoms with Crippen LogP contribution in [0.1, 0.15) is 44.0 Å². The number of hydrogen-bond donors (Lipinski definition) is 1. The van der Waals surface area contributed by atoms with E-state index in [0.717, 1.165) is 56.5 Å². The Morgan fingerprint density at radius 2 is 1.79 bits per heavy atom. The standard InChI is InChI=1S/C26H33N7O/c1-18-14-32(24-9-11-27-25(30-24)20(3)34)15-19(2)33(18)17-31-12-10-23-22(16-31)13-28-26(29-23)21-7-5-4-6-8-21/h4-9,11,13,18-20,34H,10,12,14-17H2,1-3H3/t18-,19+,20-/m1/s1. The van der Waals surface area contributed by atoms with Gasteiger partial charge in [0, 0.05) is 68.2 Å². The third kappa shape index (κ3) is 4.80. The maximum atomic E-state index is 9.85. The second kappa shape index (κ2) is 9.74. The lowest BCUT2D eigenvalue weighted by Gasteiger charge is -2.47. The minimum Gasteiger partial charge on any atom is -0.385 e. The van der Waals surface area contributed by atoms with E-state index < -0.39 is 6.10 Å². The number of rotatable bonds is 5. The lowest BCUT2D eigenvalue weighted by atomic mass is 10.1. The third-order valence-electron chi connectivity index (χ3n) is 6.87. The molecule has 0 aliphatic carbocycles. The first-order chi connectivity index (χ1) is 16.5. The molecule has 3 atom stereocenters. The Kier molecular flexibility index (Phi) is 6.54. The van der Waals surface area contributed by atoms with Crippen molar-refractivity contribution in [2.45, 2.75) is 51.9 Å². The molecule has 0 radical (unpaired) electrons. The number of hydrogen-bond acceptors (Lipinski definition) is 8. The van der Waals surface area contributed by atoms with Crippen LogP contribution in [0.2, 0.25) is 0 Å². The molecule has 0 spiro atoms. The van der Waals surface area contributed by atoms with Crippen molar-refractivity contribution in [1.82, 2.24) is 29.7 Å². The number of nitrogens with zero attached hydrogens (tertiary/aromatic N) is 7. The fourth-order valence-corrected chi connectivity index (χ4v) is 5.02. The molecule has 1 fully saturated rings. The van der Waals surface area contributed by atoms with Crippen molar-refractivity contribution in [2.75, 3.05) is 31.2 Å². The smallest absolute Gasteiger partial charge is 0.159 e. The van der Waals surface area contributed by atoms with Crippen molar-refractivity contribution in [2.24, 2.45) is 0 Å². The SMILES string of the molecule is C[C@@H]1CN(c2ccnc([C@@H](C)O)n2)C[C@H](C)N1CN1CCc2nc(-c3ccccc3)ncc2C1. The molecule has 1 aromatic carbocycles. The summed E-state index contributed by atoms with van der Waals surface area (Å²) < 4.78 is 0. The normalized spacial score (nSPS) is 22.4. The van der Waals surface area contributed by atoms with E-state index in [1.54, 1.807) is 13.1 Å². The highest BCUT2D eigenvalue weighted by Gasteiger charge is 2.32. The zero-order valence-corrected chi connectivity index (χ0v) is 20.2. The third-order valence-corrected chi connectivity index (χ3v) is 6.87. The van der Waals surface area contributed by atoms with Crippen LogP contribution in [-0.2, 0) is 13.0 Å². The van der Waals surface area contributed by atoms with Gasteiger partial charge in [-0.2, -0.15) is 0 Å². The number of piperazine rings is 1. The van der Waals surface area contributed by atoms with Crippen molar-refractivity contribution in [3.8, 4) is 11.4 Å². The second-order valence-corrected chi connectivity index (χ2v) is 9.54. The highest BCUT2D eigenvalue weighted by Crippen LogP contribution is 2.25. The Hall–Kier alpha value is -2.94. The Morgan fingerprint density at radius 1 is 1.03 bits per heavy atom. The van der Waals surface area contributed by atoms with Gasteiger partial charge in [0.2, 0.25) is 0 Å². The molecule has 1 N–H and O–H groups in total. The molecular formula is C26H33N7O. The fourth-order valence-electron chi connectivity index (χ4n) is 5.02. The van der Waals surface area contributed by atoms with E-state index in [4.69, 9.17) is 4.98 Å². The summed E-state index contributed by atoms with van der Waals surface area (Å²) in [7, 11) is 0. The van der Waals surface area contributed by atoms with Gasteiger partial charge in [-0.25, -0.2) is 19.9 Å². The van der Waals surface area contributed by atoms with Crippen molar-refractivity contribution in [1.29, 1.82) is 0 Å². The number of aliphatic hydroxyl groups is 1. The van der Waals surface area contributed by atoms with Crippen LogP contribution in [0.3, 0.4) is 0 Å². The highest BCUT2D eigenvalue weighted by molar-refractivity contribution is 5.54. The Morgan fingerprint density at radius 3 is 2.53 bits per heavy atom. The van der Waals surface area contributed by atoms with Crippen LogP contribution in [0.4, 0.5) is 5.82 Å². The minimum absolute atomic E-state index is 0.381. The van der Waals surface area contributed by atoms with E-state index in [-0.39, 0.29) is 0 Å². The van der Waals surface area contributed by atoms with Crippen LogP contribution in [0.5, 0.6) is 0 Å². The molecule has 2 aliphatic rings. The highest BCUT2D eigenvalue weighted by atomic mass is 16.3. The summed E-state index contributed by atoms with van der Waals surface area (Å²) in [5.41, 5.74) is 3.47. The molecule has 178 valence electrons. The van der Waals surface area contributed by atoms with E-state index in [9.17, 15) is 5.11 Å². The van der Waals surface area contributed by atoms with Gasteiger partial charge in [-0.05, 0) is 26.8 Å². The lowest BCUT2D eigenvalue weighted by molar-refractivity contribution is 0.0471. The quantitative estimate of drug-likeness (QED) is 0.624.